The highest BCUT2D eigenvalue weighted by Gasteiger charge is 2.24. The van der Waals surface area contributed by atoms with Gasteiger partial charge in [-0.1, -0.05) is 18.5 Å². The molecule has 1 heterocycles. The minimum Gasteiger partial charge on any atom is -0.469 e. The second kappa shape index (κ2) is 6.33. The molecule has 1 atom stereocenters. The Morgan fingerprint density at radius 2 is 2.26 bits per heavy atom. The smallest absolute Gasteiger partial charge is 0.312 e. The summed E-state index contributed by atoms with van der Waals surface area (Å²) in [4.78, 5) is 27.0. The number of hydrogen-bond donors (Lipinski definition) is 0. The van der Waals surface area contributed by atoms with Gasteiger partial charge in [0.15, 0.2) is 0 Å². The molecule has 0 aliphatic carbocycles. The quantitative estimate of drug-likeness (QED) is 0.467. The van der Waals surface area contributed by atoms with Crippen molar-refractivity contribution in [2.75, 3.05) is 25.6 Å². The van der Waals surface area contributed by atoms with E-state index in [0.29, 0.717) is 0 Å². The van der Waals surface area contributed by atoms with Crippen LogP contribution in [0.15, 0.2) is 12.4 Å². The van der Waals surface area contributed by atoms with Crippen LogP contribution in [0, 0.1) is 16.0 Å². The maximum Gasteiger partial charge on any atom is 0.312 e. The number of carbonyl (C=O) groups is 1. The van der Waals surface area contributed by atoms with Crippen LogP contribution in [0.5, 0.6) is 0 Å². The van der Waals surface area contributed by atoms with Crippen molar-refractivity contribution >= 4 is 28.9 Å². The lowest BCUT2D eigenvalue weighted by atomic mass is 10.1. The second-order valence-electron chi connectivity index (χ2n) is 4.05. The third kappa shape index (κ3) is 3.54. The molecule has 0 aliphatic heterocycles. The zero-order valence-electron chi connectivity index (χ0n) is 10.8. The molecule has 0 aliphatic rings. The summed E-state index contributed by atoms with van der Waals surface area (Å²) in [7, 11) is 2.91. The molecule has 1 aromatic heterocycles. The van der Waals surface area contributed by atoms with Gasteiger partial charge in [-0.05, 0) is 0 Å². The number of pyridine rings is 1. The molecule has 1 aromatic rings. The number of halogens is 1. The second-order valence-corrected chi connectivity index (χ2v) is 4.46. The number of methoxy groups -OCH3 is 1. The Bertz CT molecular complexity index is 495. The van der Waals surface area contributed by atoms with Gasteiger partial charge in [-0.3, -0.25) is 19.9 Å². The zero-order chi connectivity index (χ0) is 14.6. The fraction of sp³-hybridized carbons (Fsp3) is 0.455. The van der Waals surface area contributed by atoms with Crippen molar-refractivity contribution < 1.29 is 14.5 Å². The largest absolute Gasteiger partial charge is 0.469 e. The predicted molar refractivity (Wildman–Crippen MR) is 70.4 cm³/mol. The van der Waals surface area contributed by atoms with Gasteiger partial charge in [0.05, 0.1) is 23.0 Å². The zero-order valence-corrected chi connectivity index (χ0v) is 11.5. The summed E-state index contributed by atoms with van der Waals surface area (Å²) in [6.45, 7) is 1.92. The molecule has 7 nitrogen and oxygen atoms in total. The Morgan fingerprint density at radius 3 is 2.79 bits per heavy atom. The van der Waals surface area contributed by atoms with Gasteiger partial charge in [-0.25, -0.2) is 0 Å². The summed E-state index contributed by atoms with van der Waals surface area (Å²) in [6.07, 6.45) is 2.45. The van der Waals surface area contributed by atoms with Gasteiger partial charge in [0.1, 0.15) is 11.9 Å². The molecule has 0 amide bonds. The summed E-state index contributed by atoms with van der Waals surface area (Å²) in [5.41, 5.74) is 0.0319. The maximum absolute atomic E-state index is 11.4. The van der Waals surface area contributed by atoms with Crippen molar-refractivity contribution in [2.24, 2.45) is 5.92 Å². The van der Waals surface area contributed by atoms with Crippen LogP contribution in [-0.4, -0.2) is 36.6 Å². The molecule has 0 aromatic carbocycles. The SMILES string of the molecule is COC(=O)C(C)CN(C)c1c(Cl)cncc1[N+](=O)[O-]. The number of rotatable bonds is 5. The van der Waals surface area contributed by atoms with Gasteiger partial charge in [0.25, 0.3) is 0 Å². The molecule has 8 heteroatoms. The molecule has 0 fully saturated rings. The minimum absolute atomic E-state index is 0.161. The Labute approximate surface area is 115 Å². The third-order valence-corrected chi connectivity index (χ3v) is 2.86. The van der Waals surface area contributed by atoms with E-state index >= 15 is 0 Å². The highest BCUT2D eigenvalue weighted by molar-refractivity contribution is 6.33. The van der Waals surface area contributed by atoms with Gasteiger partial charge in [-0.2, -0.15) is 0 Å². The number of esters is 1. The summed E-state index contributed by atoms with van der Waals surface area (Å²) in [6, 6.07) is 0. The summed E-state index contributed by atoms with van der Waals surface area (Å²) < 4.78 is 4.61. The fourth-order valence-electron chi connectivity index (χ4n) is 1.71. The van der Waals surface area contributed by atoms with Crippen LogP contribution in [0.1, 0.15) is 6.92 Å². The molecule has 0 radical (unpaired) electrons. The molecule has 0 bridgehead atoms. The van der Waals surface area contributed by atoms with Crippen molar-refractivity contribution in [3.05, 3.63) is 27.5 Å². The van der Waals surface area contributed by atoms with Crippen LogP contribution >= 0.6 is 11.6 Å². The molecular formula is C11H14ClN3O4. The summed E-state index contributed by atoms with van der Waals surface area (Å²) in [5, 5.41) is 11.1. The van der Waals surface area contributed by atoms with Gasteiger partial charge < -0.3 is 9.64 Å². The number of carbonyl (C=O) groups excluding carboxylic acids is 1. The van der Waals surface area contributed by atoms with E-state index in [0.717, 1.165) is 6.20 Å². The number of nitro groups is 1. The van der Waals surface area contributed by atoms with Crippen molar-refractivity contribution in [3.63, 3.8) is 0 Å². The summed E-state index contributed by atoms with van der Waals surface area (Å²) in [5.74, 6) is -0.821. The lowest BCUT2D eigenvalue weighted by Gasteiger charge is -2.22. The van der Waals surface area contributed by atoms with Gasteiger partial charge >= 0.3 is 11.7 Å². The first-order valence-electron chi connectivity index (χ1n) is 5.45. The van der Waals surface area contributed by atoms with Crippen LogP contribution < -0.4 is 4.90 Å². The third-order valence-electron chi connectivity index (χ3n) is 2.58. The number of nitrogens with zero attached hydrogens (tertiary/aromatic N) is 3. The number of ether oxygens (including phenoxy) is 1. The molecule has 0 saturated heterocycles. The van der Waals surface area contributed by atoms with Gasteiger partial charge in [0.2, 0.25) is 0 Å². The monoisotopic (exact) mass is 287 g/mol. The van der Waals surface area contributed by atoms with Crippen LogP contribution in [0.3, 0.4) is 0 Å². The van der Waals surface area contributed by atoms with E-state index < -0.39 is 10.8 Å². The lowest BCUT2D eigenvalue weighted by molar-refractivity contribution is -0.384. The van der Waals surface area contributed by atoms with Crippen LogP contribution in [-0.2, 0) is 9.53 Å². The first kappa shape index (κ1) is 15.2. The van der Waals surface area contributed by atoms with Crippen LogP contribution in [0.4, 0.5) is 11.4 Å². The van der Waals surface area contributed by atoms with Crippen molar-refractivity contribution in [2.45, 2.75) is 6.92 Å². The van der Waals surface area contributed by atoms with E-state index in [-0.39, 0.29) is 28.9 Å². The highest BCUT2D eigenvalue weighted by atomic mass is 35.5. The number of aromatic nitrogens is 1. The molecule has 1 unspecified atom stereocenters. The van der Waals surface area contributed by atoms with E-state index in [4.69, 9.17) is 11.6 Å². The van der Waals surface area contributed by atoms with E-state index in [9.17, 15) is 14.9 Å². The topological polar surface area (TPSA) is 85.6 Å². The predicted octanol–water partition coefficient (Wildman–Crippen LogP) is 1.89. The standard InChI is InChI=1S/C11H14ClN3O4/c1-7(11(16)19-3)6-14(2)10-8(12)4-13-5-9(10)15(17)18/h4-5,7H,6H2,1-3H3. The number of hydrogen-bond acceptors (Lipinski definition) is 6. The molecule has 0 saturated carbocycles. The minimum atomic E-state index is -0.562. The molecule has 0 spiro atoms. The highest BCUT2D eigenvalue weighted by Crippen LogP contribution is 2.33. The fourth-order valence-corrected chi connectivity index (χ4v) is 2.00. The molecule has 0 N–H and O–H groups in total. The van der Waals surface area contributed by atoms with E-state index in [2.05, 4.69) is 9.72 Å². The van der Waals surface area contributed by atoms with E-state index in [1.54, 1.807) is 18.9 Å². The van der Waals surface area contributed by atoms with E-state index in [1.807, 2.05) is 0 Å². The maximum atomic E-state index is 11.4. The first-order chi connectivity index (χ1) is 8.88. The van der Waals surface area contributed by atoms with Gasteiger partial charge in [0, 0.05) is 19.8 Å². The molecular weight excluding hydrogens is 274 g/mol. The Kier molecular flexibility index (Phi) is 5.05. The van der Waals surface area contributed by atoms with Crippen molar-refractivity contribution in [3.8, 4) is 0 Å². The Morgan fingerprint density at radius 1 is 1.63 bits per heavy atom. The number of anilines is 1. The first-order valence-corrected chi connectivity index (χ1v) is 5.83. The van der Waals surface area contributed by atoms with Crippen LogP contribution in [0.2, 0.25) is 5.02 Å². The van der Waals surface area contributed by atoms with Gasteiger partial charge in [-0.15, -0.1) is 0 Å². The van der Waals surface area contributed by atoms with Crippen molar-refractivity contribution in [1.82, 2.24) is 4.98 Å². The average Bonchev–Trinajstić information content (AvgIpc) is 2.36. The van der Waals surface area contributed by atoms with E-state index in [1.165, 1.54) is 13.3 Å². The Balaban J connectivity index is 3.02. The molecule has 19 heavy (non-hydrogen) atoms. The molecule has 1 rings (SSSR count). The van der Waals surface area contributed by atoms with Crippen molar-refractivity contribution in [1.29, 1.82) is 0 Å². The average molecular weight is 288 g/mol. The lowest BCUT2D eigenvalue weighted by Crippen LogP contribution is -2.30. The summed E-state index contributed by atoms with van der Waals surface area (Å²) >= 11 is 5.94. The Hall–Kier alpha value is -1.89. The normalized spacial score (nSPS) is 11.8. The van der Waals surface area contributed by atoms with Crippen LogP contribution in [0.25, 0.3) is 0 Å². The molecule has 104 valence electrons.